The molecule has 0 aliphatic rings. The summed E-state index contributed by atoms with van der Waals surface area (Å²) in [7, 11) is 1.62. The van der Waals surface area contributed by atoms with Crippen molar-refractivity contribution in [1.82, 2.24) is 0 Å². The minimum Gasteiger partial charge on any atom is -0.493 e. The molecule has 2 aromatic rings. The molecule has 2 aromatic carbocycles. The number of ether oxygens (including phenoxy) is 2. The number of hydrogen-bond acceptors (Lipinski definition) is 3. The fraction of sp³-hybridized carbons (Fsp3) is 0.250. The van der Waals surface area contributed by atoms with E-state index >= 15 is 0 Å². The van der Waals surface area contributed by atoms with Crippen molar-refractivity contribution in [2.45, 2.75) is 20.5 Å². The lowest BCUT2D eigenvalue weighted by Crippen LogP contribution is -1.99. The Bertz CT molecular complexity index is 559. The van der Waals surface area contributed by atoms with Crippen LogP contribution in [-0.2, 0) is 6.61 Å². The van der Waals surface area contributed by atoms with E-state index in [0.717, 1.165) is 5.56 Å². The van der Waals surface area contributed by atoms with E-state index in [1.165, 1.54) is 11.1 Å². The third kappa shape index (κ3) is 3.41. The van der Waals surface area contributed by atoms with Crippen LogP contribution >= 0.6 is 0 Å². The molecule has 3 heteroatoms. The first-order chi connectivity index (χ1) is 9.08. The molecule has 0 spiro atoms. The number of hydrogen-bond donors (Lipinski definition) is 1. The molecule has 0 aliphatic carbocycles. The number of aryl methyl sites for hydroxylation is 2. The first-order valence-corrected chi connectivity index (χ1v) is 6.22. The third-order valence-electron chi connectivity index (χ3n) is 2.86. The Morgan fingerprint density at radius 2 is 1.63 bits per heavy atom. The summed E-state index contributed by atoms with van der Waals surface area (Å²) in [5, 5.41) is 0. The van der Waals surface area contributed by atoms with Gasteiger partial charge in [0.1, 0.15) is 6.61 Å². The second-order valence-corrected chi connectivity index (χ2v) is 4.69. The Morgan fingerprint density at radius 3 is 2.26 bits per heavy atom. The second kappa shape index (κ2) is 5.65. The highest BCUT2D eigenvalue weighted by Crippen LogP contribution is 2.29. The van der Waals surface area contributed by atoms with Gasteiger partial charge in [0.05, 0.1) is 7.11 Å². The molecule has 0 bridgehead atoms. The Morgan fingerprint density at radius 1 is 0.947 bits per heavy atom. The maximum atomic E-state index is 5.80. The standard InChI is InChI=1S/C16H19NO2/c1-11-6-12(2)8-13(7-11)10-19-16-9-14(17)4-5-15(16)18-3/h4-9H,10,17H2,1-3H3. The van der Waals surface area contributed by atoms with E-state index in [1.807, 2.05) is 6.07 Å². The summed E-state index contributed by atoms with van der Waals surface area (Å²) in [4.78, 5) is 0. The molecule has 19 heavy (non-hydrogen) atoms. The van der Waals surface area contributed by atoms with Crippen LogP contribution in [0, 0.1) is 13.8 Å². The van der Waals surface area contributed by atoms with Crippen molar-refractivity contribution in [3.8, 4) is 11.5 Å². The van der Waals surface area contributed by atoms with Crippen molar-refractivity contribution >= 4 is 5.69 Å². The van der Waals surface area contributed by atoms with E-state index in [4.69, 9.17) is 15.2 Å². The number of nitrogen functional groups attached to an aromatic ring is 1. The number of nitrogens with two attached hydrogens (primary N) is 1. The van der Waals surface area contributed by atoms with E-state index in [9.17, 15) is 0 Å². The molecule has 100 valence electrons. The van der Waals surface area contributed by atoms with Crippen LogP contribution < -0.4 is 15.2 Å². The number of methoxy groups -OCH3 is 1. The first-order valence-electron chi connectivity index (χ1n) is 6.22. The van der Waals surface area contributed by atoms with Crippen LogP contribution in [0.25, 0.3) is 0 Å². The van der Waals surface area contributed by atoms with E-state index < -0.39 is 0 Å². The van der Waals surface area contributed by atoms with Gasteiger partial charge in [-0.1, -0.05) is 29.3 Å². The summed E-state index contributed by atoms with van der Waals surface area (Å²) in [5.74, 6) is 1.36. The van der Waals surface area contributed by atoms with Crippen LogP contribution in [0.4, 0.5) is 5.69 Å². The zero-order chi connectivity index (χ0) is 13.8. The van der Waals surface area contributed by atoms with Gasteiger partial charge in [0, 0.05) is 11.8 Å². The first kappa shape index (κ1) is 13.3. The SMILES string of the molecule is COc1ccc(N)cc1OCc1cc(C)cc(C)c1. The summed E-state index contributed by atoms with van der Waals surface area (Å²) in [6.07, 6.45) is 0. The topological polar surface area (TPSA) is 44.5 Å². The average molecular weight is 257 g/mol. The molecule has 0 atom stereocenters. The van der Waals surface area contributed by atoms with Gasteiger partial charge in [0.15, 0.2) is 11.5 Å². The molecular formula is C16H19NO2. The molecule has 0 amide bonds. The Hall–Kier alpha value is -2.16. The van der Waals surface area contributed by atoms with Crippen molar-refractivity contribution < 1.29 is 9.47 Å². The highest BCUT2D eigenvalue weighted by Gasteiger charge is 2.05. The van der Waals surface area contributed by atoms with Crippen molar-refractivity contribution in [2.75, 3.05) is 12.8 Å². The van der Waals surface area contributed by atoms with Gasteiger partial charge in [-0.15, -0.1) is 0 Å². The smallest absolute Gasteiger partial charge is 0.163 e. The maximum absolute atomic E-state index is 5.80. The normalized spacial score (nSPS) is 10.3. The van der Waals surface area contributed by atoms with Crippen molar-refractivity contribution in [3.63, 3.8) is 0 Å². The highest BCUT2D eigenvalue weighted by molar-refractivity contribution is 5.52. The lowest BCUT2D eigenvalue weighted by Gasteiger charge is -2.12. The van der Waals surface area contributed by atoms with Crippen molar-refractivity contribution in [3.05, 3.63) is 53.1 Å². The van der Waals surface area contributed by atoms with Gasteiger partial charge in [-0.25, -0.2) is 0 Å². The van der Waals surface area contributed by atoms with Crippen LogP contribution in [0.2, 0.25) is 0 Å². The van der Waals surface area contributed by atoms with Crippen LogP contribution in [0.1, 0.15) is 16.7 Å². The number of rotatable bonds is 4. The zero-order valence-electron chi connectivity index (χ0n) is 11.6. The van der Waals surface area contributed by atoms with Gasteiger partial charge in [-0.05, 0) is 31.5 Å². The largest absolute Gasteiger partial charge is 0.493 e. The van der Waals surface area contributed by atoms with Gasteiger partial charge in [-0.2, -0.15) is 0 Å². The molecule has 0 saturated carbocycles. The molecular weight excluding hydrogens is 238 g/mol. The summed E-state index contributed by atoms with van der Waals surface area (Å²) < 4.78 is 11.1. The highest BCUT2D eigenvalue weighted by atomic mass is 16.5. The molecule has 0 saturated heterocycles. The number of anilines is 1. The molecule has 0 unspecified atom stereocenters. The Labute approximate surface area is 114 Å². The predicted octanol–water partition coefficient (Wildman–Crippen LogP) is 3.47. The lowest BCUT2D eigenvalue weighted by molar-refractivity contribution is 0.284. The molecule has 0 aromatic heterocycles. The van der Waals surface area contributed by atoms with Crippen LogP contribution in [0.5, 0.6) is 11.5 Å². The second-order valence-electron chi connectivity index (χ2n) is 4.69. The molecule has 0 fully saturated rings. The quantitative estimate of drug-likeness (QED) is 0.853. The van der Waals surface area contributed by atoms with Crippen molar-refractivity contribution in [2.24, 2.45) is 0 Å². The summed E-state index contributed by atoms with van der Waals surface area (Å²) >= 11 is 0. The van der Waals surface area contributed by atoms with E-state index in [0.29, 0.717) is 23.8 Å². The Kier molecular flexibility index (Phi) is 3.95. The molecule has 0 radical (unpaired) electrons. The minimum absolute atomic E-state index is 0.502. The molecule has 3 nitrogen and oxygen atoms in total. The predicted molar refractivity (Wildman–Crippen MR) is 77.7 cm³/mol. The van der Waals surface area contributed by atoms with Gasteiger partial charge in [0.2, 0.25) is 0 Å². The summed E-state index contributed by atoms with van der Waals surface area (Å²) in [6.45, 7) is 4.66. The Balaban J connectivity index is 2.16. The van der Waals surface area contributed by atoms with E-state index in [-0.39, 0.29) is 0 Å². The van der Waals surface area contributed by atoms with Crippen LogP contribution in [-0.4, -0.2) is 7.11 Å². The minimum atomic E-state index is 0.502. The summed E-state index contributed by atoms with van der Waals surface area (Å²) in [6, 6.07) is 11.8. The molecule has 0 heterocycles. The van der Waals surface area contributed by atoms with E-state index in [2.05, 4.69) is 32.0 Å². The molecule has 2 N–H and O–H groups in total. The fourth-order valence-electron chi connectivity index (χ4n) is 2.12. The molecule has 0 aliphatic heterocycles. The monoisotopic (exact) mass is 257 g/mol. The van der Waals surface area contributed by atoms with Crippen LogP contribution in [0.3, 0.4) is 0 Å². The van der Waals surface area contributed by atoms with Gasteiger partial charge in [0.25, 0.3) is 0 Å². The number of benzene rings is 2. The molecule has 2 rings (SSSR count). The fourth-order valence-corrected chi connectivity index (χ4v) is 2.12. The van der Waals surface area contributed by atoms with Gasteiger partial charge >= 0.3 is 0 Å². The van der Waals surface area contributed by atoms with Crippen molar-refractivity contribution in [1.29, 1.82) is 0 Å². The average Bonchev–Trinajstić information content (AvgIpc) is 2.35. The van der Waals surface area contributed by atoms with Gasteiger partial charge in [-0.3, -0.25) is 0 Å². The maximum Gasteiger partial charge on any atom is 0.163 e. The van der Waals surface area contributed by atoms with Gasteiger partial charge < -0.3 is 15.2 Å². The van der Waals surface area contributed by atoms with Crippen LogP contribution in [0.15, 0.2) is 36.4 Å². The van der Waals surface area contributed by atoms with E-state index in [1.54, 1.807) is 19.2 Å². The summed E-state index contributed by atoms with van der Waals surface area (Å²) in [5.41, 5.74) is 10.0. The third-order valence-corrected chi connectivity index (χ3v) is 2.86. The lowest BCUT2D eigenvalue weighted by atomic mass is 10.1. The zero-order valence-corrected chi connectivity index (χ0v) is 11.6.